The molecule has 4 heterocycles. The number of piperidine rings is 1. The van der Waals surface area contributed by atoms with Crippen LogP contribution in [0.1, 0.15) is 18.5 Å². The molecule has 3 aromatic heterocycles. The van der Waals surface area contributed by atoms with Gasteiger partial charge in [0.25, 0.3) is 5.56 Å². The molecule has 0 atom stereocenters. The third kappa shape index (κ3) is 4.01. The van der Waals surface area contributed by atoms with Gasteiger partial charge in [0.15, 0.2) is 16.3 Å². The number of aryl methyl sites for hydroxylation is 3. The number of nitrogens with zero attached hydrogens (tertiary/aromatic N) is 7. The van der Waals surface area contributed by atoms with Crippen molar-refractivity contribution in [1.29, 1.82) is 0 Å². The Bertz CT molecular complexity index is 1290. The van der Waals surface area contributed by atoms with E-state index >= 15 is 0 Å². The molecule has 170 valence electrons. The second-order valence-electron chi connectivity index (χ2n) is 7.93. The Kier molecular flexibility index (Phi) is 6.04. The number of amides is 1. The number of hydrogen-bond acceptors (Lipinski definition) is 8. The SMILES string of the molecule is Cc1ccnc(SCCn2c(N3CCC(C(N)=O)CC3)nc3c2c(=O)n(C)c(=O)n3C)n1. The Morgan fingerprint density at radius 1 is 1.19 bits per heavy atom. The summed E-state index contributed by atoms with van der Waals surface area (Å²) in [4.78, 5) is 52.4. The van der Waals surface area contributed by atoms with Crippen LogP contribution in [-0.4, -0.2) is 53.4 Å². The van der Waals surface area contributed by atoms with Crippen LogP contribution in [0.2, 0.25) is 0 Å². The fraction of sp³-hybridized carbons (Fsp3) is 0.500. The molecule has 11 nitrogen and oxygen atoms in total. The summed E-state index contributed by atoms with van der Waals surface area (Å²) in [6, 6.07) is 1.84. The van der Waals surface area contributed by atoms with Crippen LogP contribution in [0.25, 0.3) is 11.2 Å². The average Bonchev–Trinajstić information content (AvgIpc) is 3.16. The van der Waals surface area contributed by atoms with Gasteiger partial charge in [-0.1, -0.05) is 11.8 Å². The van der Waals surface area contributed by atoms with E-state index < -0.39 is 5.69 Å². The van der Waals surface area contributed by atoms with Crippen LogP contribution in [0.5, 0.6) is 0 Å². The fourth-order valence-electron chi connectivity index (χ4n) is 3.98. The lowest BCUT2D eigenvalue weighted by Gasteiger charge is -2.31. The zero-order valence-electron chi connectivity index (χ0n) is 18.3. The quantitative estimate of drug-likeness (QED) is 0.404. The van der Waals surface area contributed by atoms with Gasteiger partial charge >= 0.3 is 5.69 Å². The maximum Gasteiger partial charge on any atom is 0.332 e. The second kappa shape index (κ2) is 8.77. The number of thioether (sulfide) groups is 1. The number of aromatic nitrogens is 6. The zero-order chi connectivity index (χ0) is 23.0. The molecule has 0 bridgehead atoms. The third-order valence-electron chi connectivity index (χ3n) is 5.83. The number of carbonyl (C=O) groups is 1. The summed E-state index contributed by atoms with van der Waals surface area (Å²) in [5.41, 5.74) is 6.28. The first-order valence-corrected chi connectivity index (χ1v) is 11.4. The number of imidazole rings is 1. The molecule has 32 heavy (non-hydrogen) atoms. The van der Waals surface area contributed by atoms with Crippen molar-refractivity contribution in [3.8, 4) is 0 Å². The molecule has 1 aliphatic heterocycles. The Morgan fingerprint density at radius 2 is 1.91 bits per heavy atom. The maximum absolute atomic E-state index is 13.0. The lowest BCUT2D eigenvalue weighted by atomic mass is 9.96. The van der Waals surface area contributed by atoms with Gasteiger partial charge in [0.1, 0.15) is 0 Å². The van der Waals surface area contributed by atoms with Crippen molar-refractivity contribution in [2.24, 2.45) is 25.7 Å². The number of carbonyl (C=O) groups excluding carboxylic acids is 1. The van der Waals surface area contributed by atoms with Crippen molar-refractivity contribution in [2.45, 2.75) is 31.5 Å². The smallest absolute Gasteiger partial charge is 0.332 e. The zero-order valence-corrected chi connectivity index (χ0v) is 19.1. The van der Waals surface area contributed by atoms with Crippen LogP contribution >= 0.6 is 11.8 Å². The largest absolute Gasteiger partial charge is 0.369 e. The van der Waals surface area contributed by atoms with Crippen molar-refractivity contribution in [2.75, 3.05) is 23.7 Å². The van der Waals surface area contributed by atoms with E-state index in [2.05, 4.69) is 14.9 Å². The highest BCUT2D eigenvalue weighted by Crippen LogP contribution is 2.26. The lowest BCUT2D eigenvalue weighted by molar-refractivity contribution is -0.122. The van der Waals surface area contributed by atoms with E-state index in [0.717, 1.165) is 10.3 Å². The first-order chi connectivity index (χ1) is 15.3. The Labute approximate surface area is 188 Å². The van der Waals surface area contributed by atoms with Crippen molar-refractivity contribution < 1.29 is 4.79 Å². The van der Waals surface area contributed by atoms with Crippen LogP contribution in [0.3, 0.4) is 0 Å². The van der Waals surface area contributed by atoms with Crippen molar-refractivity contribution >= 4 is 34.8 Å². The topological polar surface area (TPSA) is 134 Å². The highest BCUT2D eigenvalue weighted by molar-refractivity contribution is 7.99. The molecule has 0 spiro atoms. The van der Waals surface area contributed by atoms with E-state index in [9.17, 15) is 14.4 Å². The minimum atomic E-state index is -0.423. The van der Waals surface area contributed by atoms with E-state index in [0.29, 0.717) is 60.5 Å². The molecule has 3 aromatic rings. The molecule has 0 radical (unpaired) electrons. The van der Waals surface area contributed by atoms with Gasteiger partial charge in [0.05, 0.1) is 0 Å². The monoisotopic (exact) mass is 458 g/mol. The Balaban J connectivity index is 1.71. The molecule has 1 fully saturated rings. The number of rotatable bonds is 6. The molecule has 0 saturated carbocycles. The molecule has 0 unspecified atom stereocenters. The number of hydrogen-bond donors (Lipinski definition) is 1. The molecule has 4 rings (SSSR count). The number of nitrogens with two attached hydrogens (primary N) is 1. The minimum Gasteiger partial charge on any atom is -0.369 e. The molecule has 1 aliphatic rings. The van der Waals surface area contributed by atoms with E-state index in [1.54, 1.807) is 13.2 Å². The van der Waals surface area contributed by atoms with Crippen LogP contribution in [0.4, 0.5) is 5.95 Å². The maximum atomic E-state index is 13.0. The van der Waals surface area contributed by atoms with Crippen molar-refractivity contribution in [3.63, 3.8) is 0 Å². The first kappa shape index (κ1) is 22.1. The molecular formula is C20H26N8O3S. The van der Waals surface area contributed by atoms with Crippen LogP contribution in [-0.2, 0) is 25.4 Å². The predicted octanol–water partition coefficient (Wildman–Crippen LogP) is 0.0261. The third-order valence-corrected chi connectivity index (χ3v) is 6.67. The van der Waals surface area contributed by atoms with Gasteiger partial charge in [-0.2, -0.15) is 4.98 Å². The van der Waals surface area contributed by atoms with Crippen LogP contribution in [0, 0.1) is 12.8 Å². The van der Waals surface area contributed by atoms with Crippen molar-refractivity contribution in [1.82, 2.24) is 28.7 Å². The standard InChI is InChI=1S/C20H26N8O3S/c1-12-4-7-22-18(23-12)32-11-10-28-14-16(25(2)20(31)26(3)17(14)30)24-19(28)27-8-5-13(6-9-27)15(21)29/h4,7,13H,5-6,8-11H2,1-3H3,(H2,21,29). The summed E-state index contributed by atoms with van der Waals surface area (Å²) in [6.45, 7) is 3.59. The molecular weight excluding hydrogens is 432 g/mol. The van der Waals surface area contributed by atoms with E-state index in [1.807, 2.05) is 17.6 Å². The summed E-state index contributed by atoms with van der Waals surface area (Å²) in [6.07, 6.45) is 2.97. The number of primary amides is 1. The van der Waals surface area contributed by atoms with E-state index in [1.165, 1.54) is 23.4 Å². The molecule has 1 saturated heterocycles. The van der Waals surface area contributed by atoms with Gasteiger partial charge in [-0.3, -0.25) is 18.7 Å². The van der Waals surface area contributed by atoms with Gasteiger partial charge < -0.3 is 15.2 Å². The van der Waals surface area contributed by atoms with Gasteiger partial charge in [0, 0.05) is 57.3 Å². The number of fused-ring (bicyclic) bond motifs is 1. The Morgan fingerprint density at radius 3 is 2.56 bits per heavy atom. The second-order valence-corrected chi connectivity index (χ2v) is 9.00. The first-order valence-electron chi connectivity index (χ1n) is 10.4. The van der Waals surface area contributed by atoms with Crippen molar-refractivity contribution in [3.05, 3.63) is 38.8 Å². The van der Waals surface area contributed by atoms with Gasteiger partial charge in [-0.15, -0.1) is 0 Å². The molecule has 12 heteroatoms. The predicted molar refractivity (Wildman–Crippen MR) is 122 cm³/mol. The summed E-state index contributed by atoms with van der Waals surface area (Å²) in [5.74, 6) is 0.789. The average molecular weight is 459 g/mol. The van der Waals surface area contributed by atoms with E-state index in [-0.39, 0.29) is 17.4 Å². The normalized spacial score (nSPS) is 14.9. The van der Waals surface area contributed by atoms with Gasteiger partial charge in [-0.25, -0.2) is 14.8 Å². The highest BCUT2D eigenvalue weighted by Gasteiger charge is 2.28. The lowest BCUT2D eigenvalue weighted by Crippen LogP contribution is -2.40. The fourth-order valence-corrected chi connectivity index (χ4v) is 4.78. The molecule has 2 N–H and O–H groups in total. The number of anilines is 1. The minimum absolute atomic E-state index is 0.157. The summed E-state index contributed by atoms with van der Waals surface area (Å²) in [7, 11) is 3.08. The molecule has 0 aromatic carbocycles. The van der Waals surface area contributed by atoms with Gasteiger partial charge in [0.2, 0.25) is 11.9 Å². The Hall–Kier alpha value is -3.15. The van der Waals surface area contributed by atoms with Gasteiger partial charge in [-0.05, 0) is 25.8 Å². The molecule has 0 aliphatic carbocycles. The highest BCUT2D eigenvalue weighted by atomic mass is 32.2. The van der Waals surface area contributed by atoms with Crippen LogP contribution in [0.15, 0.2) is 27.0 Å². The summed E-state index contributed by atoms with van der Waals surface area (Å²) in [5, 5.41) is 0.665. The van der Waals surface area contributed by atoms with Crippen LogP contribution < -0.4 is 21.9 Å². The summed E-state index contributed by atoms with van der Waals surface area (Å²) < 4.78 is 4.36. The summed E-state index contributed by atoms with van der Waals surface area (Å²) >= 11 is 1.49. The van der Waals surface area contributed by atoms with E-state index in [4.69, 9.17) is 10.7 Å². The molecule has 1 amide bonds.